The minimum Gasteiger partial charge on any atom is -0.316 e. The average molecular weight is 196 g/mol. The van der Waals surface area contributed by atoms with Gasteiger partial charge in [0.05, 0.1) is 0 Å². The molecule has 0 atom stereocenters. The highest BCUT2D eigenvalue weighted by Crippen LogP contribution is 2.27. The van der Waals surface area contributed by atoms with E-state index in [1.54, 1.807) is 0 Å². The SMILES string of the molecule is C=C(CNC)CN(CC)CC1CCC1. The third kappa shape index (κ3) is 3.81. The Morgan fingerprint density at radius 2 is 2.21 bits per heavy atom. The van der Waals surface area contributed by atoms with Crippen LogP contribution in [0, 0.1) is 5.92 Å². The van der Waals surface area contributed by atoms with Crippen LogP contribution in [-0.2, 0) is 0 Å². The Morgan fingerprint density at radius 1 is 1.50 bits per heavy atom. The van der Waals surface area contributed by atoms with E-state index in [9.17, 15) is 0 Å². The van der Waals surface area contributed by atoms with Gasteiger partial charge < -0.3 is 5.32 Å². The van der Waals surface area contributed by atoms with E-state index in [1.807, 2.05) is 7.05 Å². The van der Waals surface area contributed by atoms with E-state index in [4.69, 9.17) is 0 Å². The van der Waals surface area contributed by atoms with Crippen LogP contribution < -0.4 is 5.32 Å². The fourth-order valence-electron chi connectivity index (χ4n) is 1.97. The first-order valence-electron chi connectivity index (χ1n) is 5.79. The summed E-state index contributed by atoms with van der Waals surface area (Å²) in [6.07, 6.45) is 4.32. The molecular weight excluding hydrogens is 172 g/mol. The molecule has 1 fully saturated rings. The van der Waals surface area contributed by atoms with E-state index >= 15 is 0 Å². The van der Waals surface area contributed by atoms with Crippen LogP contribution in [0.25, 0.3) is 0 Å². The Morgan fingerprint density at radius 3 is 2.64 bits per heavy atom. The maximum absolute atomic E-state index is 4.08. The van der Waals surface area contributed by atoms with Crippen LogP contribution in [0.1, 0.15) is 26.2 Å². The molecule has 1 N–H and O–H groups in total. The van der Waals surface area contributed by atoms with Gasteiger partial charge in [0.25, 0.3) is 0 Å². The third-order valence-electron chi connectivity index (χ3n) is 3.06. The quantitative estimate of drug-likeness (QED) is 0.626. The van der Waals surface area contributed by atoms with Crippen LogP contribution in [0.5, 0.6) is 0 Å². The third-order valence-corrected chi connectivity index (χ3v) is 3.06. The average Bonchev–Trinajstić information content (AvgIpc) is 2.09. The Balaban J connectivity index is 2.19. The molecule has 0 bridgehead atoms. The second kappa shape index (κ2) is 6.20. The van der Waals surface area contributed by atoms with Gasteiger partial charge in [0.2, 0.25) is 0 Å². The second-order valence-corrected chi connectivity index (χ2v) is 4.40. The molecule has 2 heteroatoms. The molecule has 0 aliphatic heterocycles. The number of hydrogen-bond acceptors (Lipinski definition) is 2. The van der Waals surface area contributed by atoms with Gasteiger partial charge in [-0.3, -0.25) is 4.90 Å². The predicted molar refractivity (Wildman–Crippen MR) is 62.5 cm³/mol. The molecule has 0 aromatic carbocycles. The summed E-state index contributed by atoms with van der Waals surface area (Å²) in [5.41, 5.74) is 1.30. The van der Waals surface area contributed by atoms with Gasteiger partial charge in [-0.2, -0.15) is 0 Å². The Labute approximate surface area is 88.4 Å². The van der Waals surface area contributed by atoms with Gasteiger partial charge in [0.1, 0.15) is 0 Å². The van der Waals surface area contributed by atoms with Crippen molar-refractivity contribution in [3.05, 3.63) is 12.2 Å². The highest BCUT2D eigenvalue weighted by molar-refractivity contribution is 4.99. The zero-order valence-electron chi connectivity index (χ0n) is 9.68. The first-order valence-corrected chi connectivity index (χ1v) is 5.79. The van der Waals surface area contributed by atoms with Crippen molar-refractivity contribution in [2.75, 3.05) is 33.2 Å². The van der Waals surface area contributed by atoms with Crippen molar-refractivity contribution in [1.29, 1.82) is 0 Å². The molecule has 0 unspecified atom stereocenters. The Kier molecular flexibility index (Phi) is 5.20. The van der Waals surface area contributed by atoms with Crippen molar-refractivity contribution in [3.8, 4) is 0 Å². The molecule has 0 aromatic rings. The smallest absolute Gasteiger partial charge is 0.0202 e. The summed E-state index contributed by atoms with van der Waals surface area (Å²) >= 11 is 0. The van der Waals surface area contributed by atoms with E-state index in [1.165, 1.54) is 31.4 Å². The minimum absolute atomic E-state index is 0.946. The molecule has 0 heterocycles. The largest absolute Gasteiger partial charge is 0.316 e. The highest BCUT2D eigenvalue weighted by atomic mass is 15.1. The van der Waals surface area contributed by atoms with E-state index in [-0.39, 0.29) is 0 Å². The topological polar surface area (TPSA) is 15.3 Å². The maximum atomic E-state index is 4.08. The number of nitrogens with one attached hydrogen (secondary N) is 1. The summed E-state index contributed by atoms with van der Waals surface area (Å²) in [5, 5.41) is 3.15. The highest BCUT2D eigenvalue weighted by Gasteiger charge is 2.19. The van der Waals surface area contributed by atoms with Crippen LogP contribution in [0.4, 0.5) is 0 Å². The fourth-order valence-corrected chi connectivity index (χ4v) is 1.97. The molecule has 1 aliphatic carbocycles. The van der Waals surface area contributed by atoms with Gasteiger partial charge in [-0.15, -0.1) is 0 Å². The molecule has 2 nitrogen and oxygen atoms in total. The van der Waals surface area contributed by atoms with E-state index < -0.39 is 0 Å². The molecule has 0 amide bonds. The lowest BCUT2D eigenvalue weighted by molar-refractivity contribution is 0.194. The number of hydrogen-bond donors (Lipinski definition) is 1. The second-order valence-electron chi connectivity index (χ2n) is 4.40. The molecule has 1 aliphatic rings. The monoisotopic (exact) mass is 196 g/mol. The van der Waals surface area contributed by atoms with Gasteiger partial charge in [-0.05, 0) is 37.9 Å². The van der Waals surface area contributed by atoms with E-state index in [2.05, 4.69) is 23.7 Å². The van der Waals surface area contributed by atoms with Crippen LogP contribution in [-0.4, -0.2) is 38.1 Å². The van der Waals surface area contributed by atoms with Crippen LogP contribution in [0.3, 0.4) is 0 Å². The molecule has 82 valence electrons. The zero-order chi connectivity index (χ0) is 10.4. The Hall–Kier alpha value is -0.340. The van der Waals surface area contributed by atoms with Gasteiger partial charge in [-0.1, -0.05) is 19.9 Å². The summed E-state index contributed by atoms with van der Waals surface area (Å²) in [5.74, 6) is 0.970. The molecule has 1 saturated carbocycles. The molecule has 14 heavy (non-hydrogen) atoms. The Bertz CT molecular complexity index is 173. The van der Waals surface area contributed by atoms with Crippen LogP contribution in [0.2, 0.25) is 0 Å². The van der Waals surface area contributed by atoms with Gasteiger partial charge in [0.15, 0.2) is 0 Å². The van der Waals surface area contributed by atoms with Crippen molar-refractivity contribution in [2.24, 2.45) is 5.92 Å². The molecule has 0 saturated heterocycles. The first kappa shape index (κ1) is 11.7. The van der Waals surface area contributed by atoms with Crippen LogP contribution in [0.15, 0.2) is 12.2 Å². The zero-order valence-corrected chi connectivity index (χ0v) is 9.68. The van der Waals surface area contributed by atoms with Crippen molar-refractivity contribution in [1.82, 2.24) is 10.2 Å². The summed E-state index contributed by atoms with van der Waals surface area (Å²) in [7, 11) is 1.98. The van der Waals surface area contributed by atoms with Crippen molar-refractivity contribution in [3.63, 3.8) is 0 Å². The van der Waals surface area contributed by atoms with Crippen LogP contribution >= 0.6 is 0 Å². The predicted octanol–water partition coefficient (Wildman–Crippen LogP) is 1.88. The van der Waals surface area contributed by atoms with Crippen molar-refractivity contribution >= 4 is 0 Å². The molecule has 1 rings (SSSR count). The molecule has 0 spiro atoms. The number of likely N-dealkylation sites (N-methyl/N-ethyl adjacent to an activating group) is 2. The fraction of sp³-hybridized carbons (Fsp3) is 0.833. The number of nitrogens with zero attached hydrogens (tertiary/aromatic N) is 1. The summed E-state index contributed by atoms with van der Waals surface area (Å²) in [4.78, 5) is 2.52. The van der Waals surface area contributed by atoms with E-state index in [0.29, 0.717) is 0 Å². The van der Waals surface area contributed by atoms with Crippen molar-refractivity contribution < 1.29 is 0 Å². The first-order chi connectivity index (χ1) is 6.76. The minimum atomic E-state index is 0.946. The van der Waals surface area contributed by atoms with Crippen molar-refractivity contribution in [2.45, 2.75) is 26.2 Å². The van der Waals surface area contributed by atoms with Gasteiger partial charge in [0, 0.05) is 19.6 Å². The lowest BCUT2D eigenvalue weighted by atomic mass is 9.85. The summed E-state index contributed by atoms with van der Waals surface area (Å²) in [6, 6.07) is 0. The van der Waals surface area contributed by atoms with Gasteiger partial charge in [-0.25, -0.2) is 0 Å². The number of rotatable bonds is 7. The lowest BCUT2D eigenvalue weighted by Crippen LogP contribution is -2.34. The molecule has 0 aromatic heterocycles. The molecule has 0 radical (unpaired) electrons. The van der Waals surface area contributed by atoms with E-state index in [0.717, 1.165) is 25.6 Å². The summed E-state index contributed by atoms with van der Waals surface area (Å²) in [6.45, 7) is 10.8. The molecular formula is C12H24N2. The lowest BCUT2D eigenvalue weighted by Gasteiger charge is -2.32. The normalized spacial score (nSPS) is 17.1. The maximum Gasteiger partial charge on any atom is 0.0202 e. The summed E-state index contributed by atoms with van der Waals surface area (Å²) < 4.78 is 0. The van der Waals surface area contributed by atoms with Gasteiger partial charge >= 0.3 is 0 Å². The standard InChI is InChI=1S/C12H24N2/c1-4-14(9-11(2)8-13-3)10-12-6-5-7-12/h12-13H,2,4-10H2,1,3H3.